The zero-order valence-corrected chi connectivity index (χ0v) is 12.4. The van der Waals surface area contributed by atoms with Crippen molar-refractivity contribution in [3.63, 3.8) is 0 Å². The number of benzene rings is 2. The van der Waals surface area contributed by atoms with E-state index in [9.17, 15) is 4.79 Å². The molecule has 0 bridgehead atoms. The van der Waals surface area contributed by atoms with E-state index < -0.39 is 5.60 Å². The summed E-state index contributed by atoms with van der Waals surface area (Å²) >= 11 is 5.91. The van der Waals surface area contributed by atoms with Gasteiger partial charge in [-0.25, -0.2) is 0 Å². The number of hydrogen-bond acceptors (Lipinski definition) is 2. The fourth-order valence-corrected chi connectivity index (χ4v) is 2.39. The lowest BCUT2D eigenvalue weighted by Gasteiger charge is -2.26. The predicted octanol–water partition coefficient (Wildman–Crippen LogP) is 4.50. The Morgan fingerprint density at radius 1 is 1.15 bits per heavy atom. The second-order valence-electron chi connectivity index (χ2n) is 5.10. The van der Waals surface area contributed by atoms with E-state index in [4.69, 9.17) is 16.3 Å². The molecule has 0 aliphatic carbocycles. The topological polar surface area (TPSA) is 26.3 Å². The van der Waals surface area contributed by atoms with Crippen LogP contribution in [-0.4, -0.2) is 6.47 Å². The molecule has 0 atom stereocenters. The van der Waals surface area contributed by atoms with Gasteiger partial charge in [0.1, 0.15) is 5.60 Å². The highest BCUT2D eigenvalue weighted by Crippen LogP contribution is 2.34. The lowest BCUT2D eigenvalue weighted by molar-refractivity contribution is -0.141. The maximum atomic E-state index is 10.7. The molecule has 0 aliphatic rings. The summed E-state index contributed by atoms with van der Waals surface area (Å²) in [5, 5.41) is 0. The number of carbonyl (C=O) groups is 1. The van der Waals surface area contributed by atoms with Gasteiger partial charge in [0, 0.05) is 11.4 Å². The molecule has 0 saturated carbocycles. The molecule has 2 rings (SSSR count). The normalized spacial score (nSPS) is 11.2. The van der Waals surface area contributed by atoms with Crippen LogP contribution in [0.15, 0.2) is 48.5 Å². The number of carbonyl (C=O) groups excluding carboxylic acids is 1. The van der Waals surface area contributed by atoms with Crippen molar-refractivity contribution in [2.24, 2.45) is 0 Å². The highest BCUT2D eigenvalue weighted by Gasteiger charge is 2.25. The first-order chi connectivity index (χ1) is 9.58. The Labute approximate surface area is 124 Å². The number of rotatable bonds is 5. The SMILES string of the molecule is CC(C)(OC=O)c1cc(CCl)ccc1-c1ccccc1. The van der Waals surface area contributed by atoms with Gasteiger partial charge in [-0.1, -0.05) is 48.5 Å². The zero-order chi connectivity index (χ0) is 14.6. The number of hydrogen-bond donors (Lipinski definition) is 0. The van der Waals surface area contributed by atoms with Crippen LogP contribution in [0.4, 0.5) is 0 Å². The van der Waals surface area contributed by atoms with Crippen molar-refractivity contribution in [2.75, 3.05) is 0 Å². The van der Waals surface area contributed by atoms with Gasteiger partial charge in [0.2, 0.25) is 0 Å². The molecule has 2 aromatic rings. The Hall–Kier alpha value is -1.80. The van der Waals surface area contributed by atoms with E-state index >= 15 is 0 Å². The van der Waals surface area contributed by atoms with E-state index in [2.05, 4.69) is 0 Å². The molecule has 0 aromatic heterocycles. The van der Waals surface area contributed by atoms with Gasteiger partial charge in [0.15, 0.2) is 0 Å². The van der Waals surface area contributed by atoms with Crippen molar-refractivity contribution >= 4 is 18.1 Å². The summed E-state index contributed by atoms with van der Waals surface area (Å²) in [6, 6.07) is 16.0. The molecule has 0 radical (unpaired) electrons. The molecule has 2 nitrogen and oxygen atoms in total. The van der Waals surface area contributed by atoms with Crippen molar-refractivity contribution in [2.45, 2.75) is 25.3 Å². The fourth-order valence-electron chi connectivity index (χ4n) is 2.23. The second-order valence-corrected chi connectivity index (χ2v) is 5.37. The van der Waals surface area contributed by atoms with Gasteiger partial charge in [-0.3, -0.25) is 4.79 Å². The average molecular weight is 289 g/mol. The molecular weight excluding hydrogens is 272 g/mol. The van der Waals surface area contributed by atoms with Crippen LogP contribution >= 0.6 is 11.6 Å². The average Bonchev–Trinajstić information content (AvgIpc) is 2.47. The molecule has 20 heavy (non-hydrogen) atoms. The molecule has 3 heteroatoms. The lowest BCUT2D eigenvalue weighted by Crippen LogP contribution is -2.22. The van der Waals surface area contributed by atoms with Crippen molar-refractivity contribution < 1.29 is 9.53 Å². The Morgan fingerprint density at radius 3 is 2.45 bits per heavy atom. The molecule has 0 heterocycles. The first kappa shape index (κ1) is 14.6. The number of ether oxygens (including phenoxy) is 1. The summed E-state index contributed by atoms with van der Waals surface area (Å²) in [5.41, 5.74) is 3.39. The summed E-state index contributed by atoms with van der Waals surface area (Å²) < 4.78 is 5.25. The van der Waals surface area contributed by atoms with Crippen LogP contribution < -0.4 is 0 Å². The molecular formula is C17H17ClO2. The Morgan fingerprint density at radius 2 is 1.85 bits per heavy atom. The molecule has 104 valence electrons. The molecule has 0 saturated heterocycles. The number of halogens is 1. The Balaban J connectivity index is 2.60. The highest BCUT2D eigenvalue weighted by atomic mass is 35.5. The van der Waals surface area contributed by atoms with Crippen LogP contribution in [0.25, 0.3) is 11.1 Å². The maximum absolute atomic E-state index is 10.7. The first-order valence-electron chi connectivity index (χ1n) is 6.45. The van der Waals surface area contributed by atoms with Gasteiger partial charge >= 0.3 is 0 Å². The van der Waals surface area contributed by atoms with Crippen molar-refractivity contribution in [3.8, 4) is 11.1 Å². The minimum Gasteiger partial charge on any atom is -0.457 e. The number of alkyl halides is 1. The van der Waals surface area contributed by atoms with E-state index in [1.807, 2.05) is 62.4 Å². The van der Waals surface area contributed by atoms with Crippen LogP contribution in [-0.2, 0) is 21.0 Å². The summed E-state index contributed by atoms with van der Waals surface area (Å²) in [4.78, 5) is 10.7. The standard InChI is InChI=1S/C17H17ClO2/c1-17(2,20-12-19)16-10-13(11-18)8-9-15(16)14-6-4-3-5-7-14/h3-10,12H,11H2,1-2H3. The van der Waals surface area contributed by atoms with E-state index in [1.54, 1.807) is 0 Å². The molecule has 0 spiro atoms. The predicted molar refractivity (Wildman–Crippen MR) is 81.6 cm³/mol. The molecule has 0 unspecified atom stereocenters. The van der Waals surface area contributed by atoms with Crippen molar-refractivity contribution in [1.82, 2.24) is 0 Å². The van der Waals surface area contributed by atoms with Crippen LogP contribution in [0.1, 0.15) is 25.0 Å². The lowest BCUT2D eigenvalue weighted by atomic mass is 9.88. The van der Waals surface area contributed by atoms with E-state index in [-0.39, 0.29) is 0 Å². The van der Waals surface area contributed by atoms with E-state index in [0.717, 1.165) is 22.3 Å². The minimum atomic E-state index is -0.699. The third-order valence-electron chi connectivity index (χ3n) is 3.31. The molecule has 0 N–H and O–H groups in total. The van der Waals surface area contributed by atoms with Gasteiger partial charge < -0.3 is 4.74 Å². The smallest absolute Gasteiger partial charge is 0.293 e. The van der Waals surface area contributed by atoms with Crippen LogP contribution in [0.2, 0.25) is 0 Å². The Bertz CT molecular complexity index is 591. The van der Waals surface area contributed by atoms with Gasteiger partial charge in [0.05, 0.1) is 0 Å². The summed E-state index contributed by atoms with van der Waals surface area (Å²) in [5.74, 6) is 0.430. The highest BCUT2D eigenvalue weighted by molar-refractivity contribution is 6.17. The molecule has 2 aromatic carbocycles. The van der Waals surface area contributed by atoms with Crippen molar-refractivity contribution in [1.29, 1.82) is 0 Å². The molecule has 0 amide bonds. The molecule has 0 aliphatic heterocycles. The van der Waals surface area contributed by atoms with Gasteiger partial charge in [-0.05, 0) is 30.5 Å². The zero-order valence-electron chi connectivity index (χ0n) is 11.6. The Kier molecular flexibility index (Phi) is 4.46. The van der Waals surface area contributed by atoms with Crippen molar-refractivity contribution in [3.05, 3.63) is 59.7 Å². The van der Waals surface area contributed by atoms with Crippen LogP contribution in [0.3, 0.4) is 0 Å². The monoisotopic (exact) mass is 288 g/mol. The summed E-state index contributed by atoms with van der Waals surface area (Å²) in [6.07, 6.45) is 0. The molecule has 0 fully saturated rings. The quantitative estimate of drug-likeness (QED) is 0.598. The van der Waals surface area contributed by atoms with E-state index in [1.165, 1.54) is 0 Å². The van der Waals surface area contributed by atoms with Gasteiger partial charge in [0.25, 0.3) is 6.47 Å². The maximum Gasteiger partial charge on any atom is 0.293 e. The van der Waals surface area contributed by atoms with Gasteiger partial charge in [-0.2, -0.15) is 0 Å². The largest absolute Gasteiger partial charge is 0.457 e. The summed E-state index contributed by atoms with van der Waals surface area (Å²) in [6.45, 7) is 4.24. The van der Waals surface area contributed by atoms with Crippen LogP contribution in [0.5, 0.6) is 0 Å². The van der Waals surface area contributed by atoms with Crippen LogP contribution in [0, 0.1) is 0 Å². The third kappa shape index (κ3) is 3.02. The second kappa shape index (κ2) is 6.10. The third-order valence-corrected chi connectivity index (χ3v) is 3.62. The summed E-state index contributed by atoms with van der Waals surface area (Å²) in [7, 11) is 0. The van der Waals surface area contributed by atoms with Gasteiger partial charge in [-0.15, -0.1) is 11.6 Å². The first-order valence-corrected chi connectivity index (χ1v) is 6.98. The van der Waals surface area contributed by atoms with E-state index in [0.29, 0.717) is 12.4 Å². The fraction of sp³-hybridized carbons (Fsp3) is 0.235. The minimum absolute atomic E-state index is 0.430.